The van der Waals surface area contributed by atoms with Crippen molar-refractivity contribution in [3.63, 3.8) is 0 Å². The third-order valence-electron chi connectivity index (χ3n) is 11.8. The number of carbonyl (C=O) groups is 3. The Hall–Kier alpha value is -4.71. The lowest BCUT2D eigenvalue weighted by Gasteiger charge is -2.18. The summed E-state index contributed by atoms with van der Waals surface area (Å²) in [6, 6.07) is 0. The molecule has 0 aliphatic heterocycles. The predicted octanol–water partition coefficient (Wildman–Crippen LogP) is 20.0. The minimum absolute atomic E-state index is 0.124. The number of unbranched alkanes of at least 4 members (excludes halogenated alkanes) is 16. The lowest BCUT2D eigenvalue weighted by molar-refractivity contribution is -0.166. The first-order valence-corrected chi connectivity index (χ1v) is 29.3. The molecule has 0 unspecified atom stereocenters. The van der Waals surface area contributed by atoms with Crippen LogP contribution in [0.5, 0.6) is 0 Å². The van der Waals surface area contributed by atoms with Crippen LogP contribution >= 0.6 is 0 Å². The van der Waals surface area contributed by atoms with E-state index in [1.54, 1.807) is 0 Å². The van der Waals surface area contributed by atoms with E-state index in [2.05, 4.69) is 154 Å². The predicted molar refractivity (Wildman–Crippen MR) is 315 cm³/mol. The van der Waals surface area contributed by atoms with Crippen molar-refractivity contribution in [2.45, 2.75) is 245 Å². The zero-order valence-electron chi connectivity index (χ0n) is 46.8. The van der Waals surface area contributed by atoms with E-state index in [9.17, 15) is 14.4 Å². The van der Waals surface area contributed by atoms with E-state index in [1.807, 2.05) is 12.2 Å². The molecule has 0 rings (SSSR count). The summed E-state index contributed by atoms with van der Waals surface area (Å²) in [6.07, 6.45) is 85.6. The van der Waals surface area contributed by atoms with Gasteiger partial charge in [0.2, 0.25) is 0 Å². The average Bonchev–Trinajstić information content (AvgIpc) is 3.39. The first-order valence-electron chi connectivity index (χ1n) is 29.3. The number of hydrogen-bond acceptors (Lipinski definition) is 6. The maximum atomic E-state index is 12.9. The van der Waals surface area contributed by atoms with Crippen molar-refractivity contribution in [1.82, 2.24) is 0 Å². The van der Waals surface area contributed by atoms with E-state index >= 15 is 0 Å². The van der Waals surface area contributed by atoms with Crippen LogP contribution in [0.1, 0.15) is 239 Å². The van der Waals surface area contributed by atoms with Gasteiger partial charge in [-0.25, -0.2) is 0 Å². The number of allylic oxidation sites excluding steroid dienone is 24. The highest BCUT2D eigenvalue weighted by molar-refractivity contribution is 5.71. The van der Waals surface area contributed by atoms with Crippen LogP contribution in [0.2, 0.25) is 0 Å². The van der Waals surface area contributed by atoms with E-state index in [4.69, 9.17) is 14.2 Å². The lowest BCUT2D eigenvalue weighted by Crippen LogP contribution is -2.30. The molecule has 0 aliphatic carbocycles. The summed E-state index contributed by atoms with van der Waals surface area (Å²) in [5.74, 6) is -1.06. The second kappa shape index (κ2) is 59.8. The van der Waals surface area contributed by atoms with Gasteiger partial charge in [-0.1, -0.05) is 231 Å². The monoisotopic (exact) mass is 1010 g/mol. The standard InChI is InChI=1S/C67H106O6/c1-4-7-10-13-16-19-22-25-28-31-33-36-39-42-45-48-51-54-57-60-66(69)72-63-64(62-71-65(68)59-56-53-50-47-44-41-38-35-30-27-24-21-18-15-12-9-6-3)73-67(70)61-58-55-52-49-46-43-40-37-34-32-29-26-23-20-17-14-11-8-5-2/h7,10,16-21,25-30,33-34,36-37,42-43,45-46,51,54,64H,4-6,8-9,11-15,22-24,31-32,35,38-41,44,47-50,52-53,55-63H2,1-3H3/b10-7-,19-16-,20-17-,21-18-,28-25-,29-26-,30-27-,36-33-,37-34-,45-42-,46-43-,54-51-/t64-/m0/s1. The van der Waals surface area contributed by atoms with Gasteiger partial charge < -0.3 is 14.2 Å². The number of ether oxygens (including phenoxy) is 3. The van der Waals surface area contributed by atoms with Gasteiger partial charge in [0.05, 0.1) is 0 Å². The maximum Gasteiger partial charge on any atom is 0.306 e. The quantitative estimate of drug-likeness (QED) is 0.0261. The Labute approximate surface area is 448 Å². The number of carbonyl (C=O) groups excluding carboxylic acids is 3. The van der Waals surface area contributed by atoms with Crippen LogP contribution in [0.3, 0.4) is 0 Å². The molecule has 6 nitrogen and oxygen atoms in total. The normalized spacial score (nSPS) is 13.2. The SMILES string of the molecule is CC/C=C\C/C=C\C/C=C\C/C=C\C/C=C\C/C=C\CCC(=O)OC[C@H](COC(=O)CCCCCCCCC/C=C\C/C=C\CCCCC)OC(=O)CCCCC/C=C\C/C=C\C/C=C\C/C=C\CCCCC. The van der Waals surface area contributed by atoms with Crippen molar-refractivity contribution >= 4 is 17.9 Å². The van der Waals surface area contributed by atoms with Crippen LogP contribution in [0, 0.1) is 0 Å². The molecule has 0 heterocycles. The molecule has 0 amide bonds. The van der Waals surface area contributed by atoms with E-state index in [0.29, 0.717) is 19.3 Å². The van der Waals surface area contributed by atoms with Gasteiger partial charge in [-0.05, 0) is 135 Å². The number of hydrogen-bond donors (Lipinski definition) is 0. The van der Waals surface area contributed by atoms with Crippen molar-refractivity contribution in [3.05, 3.63) is 146 Å². The first-order chi connectivity index (χ1) is 36.0. The third-order valence-corrected chi connectivity index (χ3v) is 11.8. The summed E-state index contributed by atoms with van der Waals surface area (Å²) < 4.78 is 16.8. The van der Waals surface area contributed by atoms with Crippen molar-refractivity contribution < 1.29 is 28.6 Å². The fourth-order valence-corrected chi connectivity index (χ4v) is 7.42. The van der Waals surface area contributed by atoms with Gasteiger partial charge in [-0.2, -0.15) is 0 Å². The van der Waals surface area contributed by atoms with E-state index in [1.165, 1.54) is 77.0 Å². The van der Waals surface area contributed by atoms with Gasteiger partial charge in [-0.3, -0.25) is 14.4 Å². The molecule has 0 radical (unpaired) electrons. The summed E-state index contributed by atoms with van der Waals surface area (Å²) in [4.78, 5) is 38.2. The Morgan fingerprint density at radius 1 is 0.288 bits per heavy atom. The van der Waals surface area contributed by atoms with Gasteiger partial charge >= 0.3 is 17.9 Å². The molecule has 0 aliphatic rings. The van der Waals surface area contributed by atoms with Gasteiger partial charge in [0.25, 0.3) is 0 Å². The first kappa shape index (κ1) is 68.3. The summed E-state index contributed by atoms with van der Waals surface area (Å²) >= 11 is 0. The van der Waals surface area contributed by atoms with Crippen LogP contribution < -0.4 is 0 Å². The van der Waals surface area contributed by atoms with Crippen LogP contribution in [-0.2, 0) is 28.6 Å². The fourth-order valence-electron chi connectivity index (χ4n) is 7.42. The zero-order valence-corrected chi connectivity index (χ0v) is 46.8. The average molecular weight is 1010 g/mol. The highest BCUT2D eigenvalue weighted by Crippen LogP contribution is 2.13. The summed E-state index contributed by atoms with van der Waals surface area (Å²) in [7, 11) is 0. The molecule has 410 valence electrons. The second-order valence-corrected chi connectivity index (χ2v) is 18.8. The summed E-state index contributed by atoms with van der Waals surface area (Å²) in [5.41, 5.74) is 0. The Balaban J connectivity index is 4.60. The van der Waals surface area contributed by atoms with Crippen molar-refractivity contribution in [3.8, 4) is 0 Å². The Bertz CT molecular complexity index is 1630. The zero-order chi connectivity index (χ0) is 52.9. The smallest absolute Gasteiger partial charge is 0.306 e. The molecule has 0 fully saturated rings. The molecule has 0 spiro atoms. The summed E-state index contributed by atoms with van der Waals surface area (Å²) in [5, 5.41) is 0. The highest BCUT2D eigenvalue weighted by atomic mass is 16.6. The molecule has 0 aromatic carbocycles. The van der Waals surface area contributed by atoms with Crippen LogP contribution in [0.25, 0.3) is 0 Å². The molecule has 0 bridgehead atoms. The Kier molecular flexibility index (Phi) is 56.0. The van der Waals surface area contributed by atoms with Crippen LogP contribution in [0.15, 0.2) is 146 Å². The van der Waals surface area contributed by atoms with Gasteiger partial charge in [0, 0.05) is 19.3 Å². The molecule has 0 aromatic heterocycles. The van der Waals surface area contributed by atoms with Gasteiger partial charge in [0.1, 0.15) is 13.2 Å². The van der Waals surface area contributed by atoms with Crippen LogP contribution in [-0.4, -0.2) is 37.2 Å². The minimum Gasteiger partial charge on any atom is -0.462 e. The Morgan fingerprint density at radius 3 is 0.932 bits per heavy atom. The number of rotatable bonds is 51. The van der Waals surface area contributed by atoms with E-state index in [-0.39, 0.29) is 44.0 Å². The lowest BCUT2D eigenvalue weighted by atomic mass is 10.1. The van der Waals surface area contributed by atoms with Gasteiger partial charge in [-0.15, -0.1) is 0 Å². The third kappa shape index (κ3) is 58.1. The molecule has 73 heavy (non-hydrogen) atoms. The largest absolute Gasteiger partial charge is 0.462 e. The topological polar surface area (TPSA) is 78.9 Å². The summed E-state index contributed by atoms with van der Waals surface area (Å²) in [6.45, 7) is 6.36. The number of esters is 3. The van der Waals surface area contributed by atoms with E-state index in [0.717, 1.165) is 109 Å². The fraction of sp³-hybridized carbons (Fsp3) is 0.597. The maximum absolute atomic E-state index is 12.9. The van der Waals surface area contributed by atoms with Crippen molar-refractivity contribution in [2.75, 3.05) is 13.2 Å². The molecule has 6 heteroatoms. The molecule has 0 saturated carbocycles. The minimum atomic E-state index is -0.836. The highest BCUT2D eigenvalue weighted by Gasteiger charge is 2.19. The molecule has 1 atom stereocenters. The van der Waals surface area contributed by atoms with Gasteiger partial charge in [0.15, 0.2) is 6.10 Å². The van der Waals surface area contributed by atoms with Crippen molar-refractivity contribution in [2.24, 2.45) is 0 Å². The van der Waals surface area contributed by atoms with Crippen molar-refractivity contribution in [1.29, 1.82) is 0 Å². The molecule has 0 saturated heterocycles. The van der Waals surface area contributed by atoms with E-state index < -0.39 is 6.10 Å². The molecular weight excluding hydrogens is 901 g/mol. The molecule has 0 aromatic rings. The van der Waals surface area contributed by atoms with Crippen LogP contribution in [0.4, 0.5) is 0 Å². The molecular formula is C67H106O6. The Morgan fingerprint density at radius 2 is 0.562 bits per heavy atom. The second-order valence-electron chi connectivity index (χ2n) is 18.8. The molecule has 0 N–H and O–H groups in total.